The summed E-state index contributed by atoms with van der Waals surface area (Å²) >= 11 is 0. The van der Waals surface area contributed by atoms with Crippen molar-refractivity contribution in [2.75, 3.05) is 20.8 Å². The second-order valence-electron chi connectivity index (χ2n) is 4.20. The SMILES string of the molecule is CCC1CCC(C(COC)NC)C1. The first-order valence-corrected chi connectivity index (χ1v) is 5.48. The fourth-order valence-corrected chi connectivity index (χ4v) is 2.48. The highest BCUT2D eigenvalue weighted by Crippen LogP contribution is 2.34. The second-order valence-corrected chi connectivity index (χ2v) is 4.20. The van der Waals surface area contributed by atoms with Crippen LogP contribution in [0.2, 0.25) is 0 Å². The van der Waals surface area contributed by atoms with Gasteiger partial charge in [0.25, 0.3) is 0 Å². The quantitative estimate of drug-likeness (QED) is 0.708. The maximum absolute atomic E-state index is 5.21. The zero-order valence-electron chi connectivity index (χ0n) is 9.18. The van der Waals surface area contributed by atoms with Crippen LogP contribution < -0.4 is 5.32 Å². The minimum Gasteiger partial charge on any atom is -0.383 e. The number of methoxy groups -OCH3 is 1. The van der Waals surface area contributed by atoms with Crippen LogP contribution in [-0.4, -0.2) is 26.8 Å². The molecule has 0 radical (unpaired) electrons. The van der Waals surface area contributed by atoms with Gasteiger partial charge >= 0.3 is 0 Å². The second kappa shape index (κ2) is 5.61. The molecule has 0 amide bonds. The number of rotatable bonds is 5. The van der Waals surface area contributed by atoms with Crippen LogP contribution in [0.15, 0.2) is 0 Å². The van der Waals surface area contributed by atoms with Crippen molar-refractivity contribution < 1.29 is 4.74 Å². The van der Waals surface area contributed by atoms with Crippen LogP contribution in [0.5, 0.6) is 0 Å². The van der Waals surface area contributed by atoms with E-state index in [1.807, 2.05) is 7.05 Å². The average Bonchev–Trinajstić information content (AvgIpc) is 2.62. The summed E-state index contributed by atoms with van der Waals surface area (Å²) in [6.45, 7) is 3.16. The first-order chi connectivity index (χ1) is 6.31. The maximum atomic E-state index is 5.21. The average molecular weight is 185 g/mol. The molecule has 2 heteroatoms. The third-order valence-corrected chi connectivity index (χ3v) is 3.45. The normalized spacial score (nSPS) is 30.7. The first kappa shape index (κ1) is 11.0. The monoisotopic (exact) mass is 185 g/mol. The summed E-state index contributed by atoms with van der Waals surface area (Å²) < 4.78 is 5.21. The summed E-state index contributed by atoms with van der Waals surface area (Å²) in [5, 5.41) is 3.36. The van der Waals surface area contributed by atoms with E-state index in [0.29, 0.717) is 6.04 Å². The molecule has 0 bridgehead atoms. The molecule has 78 valence electrons. The van der Waals surface area contributed by atoms with E-state index in [1.54, 1.807) is 7.11 Å². The van der Waals surface area contributed by atoms with E-state index in [1.165, 1.54) is 25.7 Å². The zero-order valence-corrected chi connectivity index (χ0v) is 9.18. The number of hydrogen-bond acceptors (Lipinski definition) is 2. The predicted molar refractivity (Wildman–Crippen MR) is 55.8 cm³/mol. The Labute approximate surface area is 82.0 Å². The van der Waals surface area contributed by atoms with Crippen molar-refractivity contribution in [3.63, 3.8) is 0 Å². The molecule has 1 rings (SSSR count). The number of likely N-dealkylation sites (N-methyl/N-ethyl adjacent to an activating group) is 1. The molecule has 1 aliphatic rings. The molecule has 2 nitrogen and oxygen atoms in total. The molecule has 0 aliphatic heterocycles. The van der Waals surface area contributed by atoms with E-state index in [-0.39, 0.29) is 0 Å². The van der Waals surface area contributed by atoms with Gasteiger partial charge in [-0.3, -0.25) is 0 Å². The third-order valence-electron chi connectivity index (χ3n) is 3.45. The van der Waals surface area contributed by atoms with Crippen LogP contribution >= 0.6 is 0 Å². The van der Waals surface area contributed by atoms with Crippen LogP contribution in [-0.2, 0) is 4.74 Å². The highest BCUT2D eigenvalue weighted by atomic mass is 16.5. The lowest BCUT2D eigenvalue weighted by atomic mass is 9.96. The summed E-state index contributed by atoms with van der Waals surface area (Å²) in [5.74, 6) is 1.81. The molecule has 0 aromatic rings. The van der Waals surface area contributed by atoms with E-state index in [2.05, 4.69) is 12.2 Å². The number of ether oxygens (including phenoxy) is 1. The number of nitrogens with one attached hydrogen (secondary N) is 1. The third kappa shape index (κ3) is 2.96. The van der Waals surface area contributed by atoms with E-state index in [4.69, 9.17) is 4.74 Å². The molecule has 13 heavy (non-hydrogen) atoms. The maximum Gasteiger partial charge on any atom is 0.0618 e. The fourth-order valence-electron chi connectivity index (χ4n) is 2.48. The van der Waals surface area contributed by atoms with Gasteiger partial charge in [0.05, 0.1) is 6.61 Å². The van der Waals surface area contributed by atoms with Crippen molar-refractivity contribution in [1.29, 1.82) is 0 Å². The topological polar surface area (TPSA) is 21.3 Å². The lowest BCUT2D eigenvalue weighted by Gasteiger charge is -2.22. The van der Waals surface area contributed by atoms with E-state index < -0.39 is 0 Å². The molecule has 3 atom stereocenters. The predicted octanol–water partition coefficient (Wildman–Crippen LogP) is 2.05. The van der Waals surface area contributed by atoms with E-state index in [9.17, 15) is 0 Å². The summed E-state index contributed by atoms with van der Waals surface area (Å²) in [6.07, 6.45) is 5.54. The fraction of sp³-hybridized carbons (Fsp3) is 1.00. The van der Waals surface area contributed by atoms with Crippen molar-refractivity contribution in [2.45, 2.75) is 38.6 Å². The molecule has 0 aromatic carbocycles. The van der Waals surface area contributed by atoms with Gasteiger partial charge in [0.1, 0.15) is 0 Å². The summed E-state index contributed by atoms with van der Waals surface area (Å²) in [6, 6.07) is 0.571. The Morgan fingerprint density at radius 2 is 2.23 bits per heavy atom. The number of hydrogen-bond donors (Lipinski definition) is 1. The van der Waals surface area contributed by atoms with Gasteiger partial charge in [0.15, 0.2) is 0 Å². The van der Waals surface area contributed by atoms with Crippen molar-refractivity contribution in [3.05, 3.63) is 0 Å². The lowest BCUT2D eigenvalue weighted by molar-refractivity contribution is 0.143. The van der Waals surface area contributed by atoms with Gasteiger partial charge in [-0.25, -0.2) is 0 Å². The van der Waals surface area contributed by atoms with E-state index >= 15 is 0 Å². The molecular weight excluding hydrogens is 162 g/mol. The Hall–Kier alpha value is -0.0800. The summed E-state index contributed by atoms with van der Waals surface area (Å²) in [7, 11) is 3.83. The van der Waals surface area contributed by atoms with Gasteiger partial charge in [-0.15, -0.1) is 0 Å². The molecule has 0 saturated heterocycles. The van der Waals surface area contributed by atoms with Crippen molar-refractivity contribution >= 4 is 0 Å². The molecule has 1 saturated carbocycles. The molecule has 1 fully saturated rings. The Morgan fingerprint density at radius 1 is 1.46 bits per heavy atom. The van der Waals surface area contributed by atoms with Crippen LogP contribution in [0.25, 0.3) is 0 Å². The van der Waals surface area contributed by atoms with Crippen molar-refractivity contribution in [3.8, 4) is 0 Å². The summed E-state index contributed by atoms with van der Waals surface area (Å²) in [4.78, 5) is 0. The summed E-state index contributed by atoms with van der Waals surface area (Å²) in [5.41, 5.74) is 0. The van der Waals surface area contributed by atoms with Crippen molar-refractivity contribution in [1.82, 2.24) is 5.32 Å². The standard InChI is InChI=1S/C11H23NO/c1-4-9-5-6-10(7-9)11(12-2)8-13-3/h9-12H,4-8H2,1-3H3. The molecule has 0 heterocycles. The van der Waals surface area contributed by atoms with Crippen LogP contribution in [0.1, 0.15) is 32.6 Å². The largest absolute Gasteiger partial charge is 0.383 e. The smallest absolute Gasteiger partial charge is 0.0618 e. The molecule has 1 aliphatic carbocycles. The minimum atomic E-state index is 0.571. The Balaban J connectivity index is 2.33. The van der Waals surface area contributed by atoms with Crippen molar-refractivity contribution in [2.24, 2.45) is 11.8 Å². The molecule has 0 spiro atoms. The van der Waals surface area contributed by atoms with Gasteiger partial charge in [-0.1, -0.05) is 19.8 Å². The molecular formula is C11H23NO. The Bertz CT molecular complexity index is 138. The zero-order chi connectivity index (χ0) is 9.68. The van der Waals surface area contributed by atoms with Gasteiger partial charge in [0.2, 0.25) is 0 Å². The Morgan fingerprint density at radius 3 is 2.69 bits per heavy atom. The lowest BCUT2D eigenvalue weighted by Crippen LogP contribution is -2.36. The minimum absolute atomic E-state index is 0.571. The molecule has 1 N–H and O–H groups in total. The van der Waals surface area contributed by atoms with Gasteiger partial charge in [-0.2, -0.15) is 0 Å². The van der Waals surface area contributed by atoms with E-state index in [0.717, 1.165) is 18.4 Å². The highest BCUT2D eigenvalue weighted by molar-refractivity contribution is 4.83. The highest BCUT2D eigenvalue weighted by Gasteiger charge is 2.28. The molecule has 0 aromatic heterocycles. The van der Waals surface area contributed by atoms with Crippen LogP contribution in [0.4, 0.5) is 0 Å². The van der Waals surface area contributed by atoms with Gasteiger partial charge < -0.3 is 10.1 Å². The van der Waals surface area contributed by atoms with Crippen LogP contribution in [0.3, 0.4) is 0 Å². The van der Waals surface area contributed by atoms with Crippen LogP contribution in [0, 0.1) is 11.8 Å². The Kier molecular flexibility index (Phi) is 4.74. The first-order valence-electron chi connectivity index (χ1n) is 5.48. The van der Waals surface area contributed by atoms with Gasteiger partial charge in [0, 0.05) is 13.2 Å². The van der Waals surface area contributed by atoms with Gasteiger partial charge in [-0.05, 0) is 31.7 Å². The molecule has 3 unspecified atom stereocenters.